The Morgan fingerprint density at radius 2 is 1.87 bits per heavy atom. The van der Waals surface area contributed by atoms with Gasteiger partial charge in [-0.25, -0.2) is 4.79 Å². The minimum Gasteiger partial charge on any atom is -0.351 e. The third-order valence-corrected chi connectivity index (χ3v) is 7.04. The Morgan fingerprint density at radius 3 is 2.65 bits per heavy atom. The highest BCUT2D eigenvalue weighted by Gasteiger charge is 2.22. The fraction of sp³-hybridized carbons (Fsp3) is 0.625. The molecular weight excluding hydrogens is 392 g/mol. The topological polar surface area (TPSA) is 87.2 Å². The SMILES string of the molecule is CCC1CCCCN1CCNC(=O)c1ccc2c(=O)n(C3CCCCC3)c(=O)[nH]c2c1. The van der Waals surface area contributed by atoms with Crippen LogP contribution in [-0.4, -0.2) is 46.0 Å². The van der Waals surface area contributed by atoms with Gasteiger partial charge in [0.25, 0.3) is 11.5 Å². The highest BCUT2D eigenvalue weighted by molar-refractivity contribution is 5.97. The molecule has 7 nitrogen and oxygen atoms in total. The zero-order valence-corrected chi connectivity index (χ0v) is 18.5. The van der Waals surface area contributed by atoms with Gasteiger partial charge in [-0.3, -0.25) is 19.1 Å². The molecule has 1 unspecified atom stereocenters. The number of amides is 1. The van der Waals surface area contributed by atoms with Crippen LogP contribution in [0.1, 0.15) is 81.1 Å². The number of likely N-dealkylation sites (tertiary alicyclic amines) is 1. The Labute approximate surface area is 182 Å². The first kappa shape index (κ1) is 21.8. The second-order valence-electron chi connectivity index (χ2n) is 9.01. The standard InChI is InChI=1S/C24H34N4O3/c1-2-18-8-6-7-14-27(18)15-13-25-22(29)17-11-12-20-21(16-17)26-24(31)28(23(20)30)19-9-4-3-5-10-19/h11-12,16,18-19H,2-10,13-15H2,1H3,(H,25,29)(H,26,31). The molecule has 1 aliphatic heterocycles. The smallest absolute Gasteiger partial charge is 0.329 e. The molecule has 1 aromatic carbocycles. The van der Waals surface area contributed by atoms with Crippen LogP contribution in [-0.2, 0) is 0 Å². The molecule has 1 saturated carbocycles. The van der Waals surface area contributed by atoms with Crippen LogP contribution in [0.15, 0.2) is 27.8 Å². The Balaban J connectivity index is 1.46. The van der Waals surface area contributed by atoms with Crippen molar-refractivity contribution >= 4 is 16.8 Å². The van der Waals surface area contributed by atoms with E-state index in [9.17, 15) is 14.4 Å². The number of aromatic nitrogens is 2. The molecule has 1 atom stereocenters. The largest absolute Gasteiger partial charge is 0.351 e. The second kappa shape index (κ2) is 9.81. The summed E-state index contributed by atoms with van der Waals surface area (Å²) in [5.74, 6) is -0.177. The van der Waals surface area contributed by atoms with Gasteiger partial charge in [-0.2, -0.15) is 0 Å². The van der Waals surface area contributed by atoms with Crippen LogP contribution in [0.3, 0.4) is 0 Å². The lowest BCUT2D eigenvalue weighted by atomic mass is 9.95. The maximum atomic E-state index is 13.0. The third kappa shape index (κ3) is 4.76. The zero-order valence-electron chi connectivity index (χ0n) is 18.5. The van der Waals surface area contributed by atoms with E-state index in [0.29, 0.717) is 29.1 Å². The minimum atomic E-state index is -0.377. The van der Waals surface area contributed by atoms with Gasteiger partial charge in [-0.05, 0) is 56.8 Å². The number of fused-ring (bicyclic) bond motifs is 1. The Hall–Kier alpha value is -2.41. The van der Waals surface area contributed by atoms with Crippen molar-refractivity contribution in [3.05, 3.63) is 44.6 Å². The summed E-state index contributed by atoms with van der Waals surface area (Å²) in [5.41, 5.74) is 0.256. The fourth-order valence-corrected chi connectivity index (χ4v) is 5.28. The van der Waals surface area contributed by atoms with Gasteiger partial charge in [0.15, 0.2) is 0 Å². The van der Waals surface area contributed by atoms with Gasteiger partial charge in [0, 0.05) is 30.7 Å². The lowest BCUT2D eigenvalue weighted by molar-refractivity contribution is 0.0934. The van der Waals surface area contributed by atoms with Gasteiger partial charge in [-0.15, -0.1) is 0 Å². The normalized spacial score (nSPS) is 20.7. The van der Waals surface area contributed by atoms with Crippen LogP contribution >= 0.6 is 0 Å². The fourth-order valence-electron chi connectivity index (χ4n) is 5.28. The summed E-state index contributed by atoms with van der Waals surface area (Å²) in [7, 11) is 0. The maximum absolute atomic E-state index is 13.0. The van der Waals surface area contributed by atoms with Crippen molar-refractivity contribution in [2.45, 2.75) is 76.8 Å². The summed E-state index contributed by atoms with van der Waals surface area (Å²) in [5, 5.41) is 3.45. The molecule has 0 bridgehead atoms. The first-order valence-corrected chi connectivity index (χ1v) is 11.9. The Kier molecular flexibility index (Phi) is 6.90. The maximum Gasteiger partial charge on any atom is 0.329 e. The summed E-state index contributed by atoms with van der Waals surface area (Å²) in [6, 6.07) is 5.55. The van der Waals surface area contributed by atoms with Crippen LogP contribution in [0.4, 0.5) is 0 Å². The first-order chi connectivity index (χ1) is 15.1. The molecule has 2 aliphatic rings. The molecule has 4 rings (SSSR count). The number of benzene rings is 1. The molecule has 1 saturated heterocycles. The Bertz CT molecular complexity index is 1040. The predicted molar refractivity (Wildman–Crippen MR) is 123 cm³/mol. The number of aromatic amines is 1. The van der Waals surface area contributed by atoms with Gasteiger partial charge in [-0.1, -0.05) is 32.6 Å². The lowest BCUT2D eigenvalue weighted by Gasteiger charge is -2.35. The number of nitrogens with one attached hydrogen (secondary N) is 2. The molecule has 2 aromatic rings. The Morgan fingerprint density at radius 1 is 1.10 bits per heavy atom. The third-order valence-electron chi connectivity index (χ3n) is 7.04. The van der Waals surface area contributed by atoms with Crippen molar-refractivity contribution < 1.29 is 4.79 Å². The van der Waals surface area contributed by atoms with E-state index in [-0.39, 0.29) is 23.2 Å². The molecule has 168 valence electrons. The van der Waals surface area contributed by atoms with E-state index < -0.39 is 0 Å². The average molecular weight is 427 g/mol. The van der Waals surface area contributed by atoms with Crippen molar-refractivity contribution in [2.24, 2.45) is 0 Å². The monoisotopic (exact) mass is 426 g/mol. The molecule has 1 aromatic heterocycles. The van der Waals surface area contributed by atoms with E-state index in [4.69, 9.17) is 0 Å². The van der Waals surface area contributed by atoms with Crippen molar-refractivity contribution in [2.75, 3.05) is 19.6 Å². The lowest BCUT2D eigenvalue weighted by Crippen LogP contribution is -2.43. The summed E-state index contributed by atoms with van der Waals surface area (Å²) >= 11 is 0. The summed E-state index contributed by atoms with van der Waals surface area (Å²) in [6.07, 6.45) is 9.88. The van der Waals surface area contributed by atoms with Crippen LogP contribution in [0, 0.1) is 0 Å². The molecular formula is C24H34N4O3. The van der Waals surface area contributed by atoms with Gasteiger partial charge < -0.3 is 10.3 Å². The van der Waals surface area contributed by atoms with E-state index in [1.54, 1.807) is 18.2 Å². The molecule has 1 amide bonds. The van der Waals surface area contributed by atoms with Gasteiger partial charge >= 0.3 is 5.69 Å². The van der Waals surface area contributed by atoms with E-state index in [1.807, 2.05) is 0 Å². The van der Waals surface area contributed by atoms with Crippen molar-refractivity contribution in [1.82, 2.24) is 19.8 Å². The molecule has 7 heteroatoms. The number of carbonyl (C=O) groups is 1. The van der Waals surface area contributed by atoms with E-state index >= 15 is 0 Å². The first-order valence-electron chi connectivity index (χ1n) is 11.9. The van der Waals surface area contributed by atoms with Gasteiger partial charge in [0.2, 0.25) is 0 Å². The van der Waals surface area contributed by atoms with Crippen LogP contribution in [0.25, 0.3) is 10.9 Å². The number of hydrogen-bond acceptors (Lipinski definition) is 4. The highest BCUT2D eigenvalue weighted by Crippen LogP contribution is 2.26. The summed E-state index contributed by atoms with van der Waals surface area (Å²) in [4.78, 5) is 43.6. The molecule has 31 heavy (non-hydrogen) atoms. The molecule has 2 fully saturated rings. The number of piperidine rings is 1. The minimum absolute atomic E-state index is 0.0286. The average Bonchev–Trinajstić information content (AvgIpc) is 2.79. The molecule has 2 heterocycles. The predicted octanol–water partition coefficient (Wildman–Crippen LogP) is 3.19. The van der Waals surface area contributed by atoms with Gasteiger partial charge in [0.1, 0.15) is 0 Å². The van der Waals surface area contributed by atoms with Crippen molar-refractivity contribution in [1.29, 1.82) is 0 Å². The number of rotatable bonds is 6. The van der Waals surface area contributed by atoms with E-state index in [0.717, 1.165) is 51.6 Å². The number of carbonyl (C=O) groups excluding carboxylic acids is 1. The molecule has 0 radical (unpaired) electrons. The second-order valence-corrected chi connectivity index (χ2v) is 9.01. The van der Waals surface area contributed by atoms with Gasteiger partial charge in [0.05, 0.1) is 10.9 Å². The van der Waals surface area contributed by atoms with Crippen LogP contribution in [0.2, 0.25) is 0 Å². The van der Waals surface area contributed by atoms with Crippen molar-refractivity contribution in [3.8, 4) is 0 Å². The number of H-pyrrole nitrogens is 1. The molecule has 2 N–H and O–H groups in total. The van der Waals surface area contributed by atoms with E-state index in [1.165, 1.54) is 23.8 Å². The molecule has 0 spiro atoms. The zero-order chi connectivity index (χ0) is 21.8. The van der Waals surface area contributed by atoms with Crippen LogP contribution in [0.5, 0.6) is 0 Å². The number of nitrogens with zero attached hydrogens (tertiary/aromatic N) is 2. The van der Waals surface area contributed by atoms with Crippen LogP contribution < -0.4 is 16.6 Å². The summed E-state index contributed by atoms with van der Waals surface area (Å²) in [6.45, 7) is 4.76. The quantitative estimate of drug-likeness (QED) is 0.743. The highest BCUT2D eigenvalue weighted by atomic mass is 16.2. The number of hydrogen-bond donors (Lipinski definition) is 2. The van der Waals surface area contributed by atoms with Crippen molar-refractivity contribution in [3.63, 3.8) is 0 Å². The summed E-state index contributed by atoms with van der Waals surface area (Å²) < 4.78 is 1.38. The van der Waals surface area contributed by atoms with E-state index in [2.05, 4.69) is 22.1 Å². The molecule has 1 aliphatic carbocycles.